The minimum absolute atomic E-state index is 0.219. The predicted octanol–water partition coefficient (Wildman–Crippen LogP) is 4.35. The third kappa shape index (κ3) is 4.10. The molecule has 0 aliphatic carbocycles. The van der Waals surface area contributed by atoms with Crippen LogP contribution in [0, 0.1) is 5.92 Å². The number of imidazole rings is 1. The third-order valence-electron chi connectivity index (χ3n) is 8.43. The van der Waals surface area contributed by atoms with Crippen LogP contribution in [0.2, 0.25) is 0 Å². The Morgan fingerprint density at radius 3 is 2.50 bits per heavy atom. The van der Waals surface area contributed by atoms with Crippen LogP contribution in [-0.2, 0) is 0 Å². The third-order valence-corrected chi connectivity index (χ3v) is 8.43. The van der Waals surface area contributed by atoms with Gasteiger partial charge in [0.1, 0.15) is 17.1 Å². The molecule has 0 saturated carbocycles. The van der Waals surface area contributed by atoms with E-state index in [1.54, 1.807) is 19.2 Å². The van der Waals surface area contributed by atoms with Gasteiger partial charge in [0.05, 0.1) is 29.3 Å². The van der Waals surface area contributed by atoms with Crippen LogP contribution in [0.4, 0.5) is 5.69 Å². The number of aromatic nitrogens is 3. The van der Waals surface area contributed by atoms with Crippen LogP contribution in [-0.4, -0.2) is 58.5 Å². The molecule has 3 aromatic carbocycles. The van der Waals surface area contributed by atoms with Gasteiger partial charge in [-0.2, -0.15) is 0 Å². The monoisotopic (exact) mass is 534 g/mol. The average molecular weight is 535 g/mol. The van der Waals surface area contributed by atoms with Crippen molar-refractivity contribution in [3.63, 3.8) is 0 Å². The first-order chi connectivity index (χ1) is 19.5. The molecule has 3 saturated heterocycles. The molecular weight excluding hydrogens is 504 g/mol. The number of fused-ring (bicyclic) bond motifs is 5. The number of ether oxygens (including phenoxy) is 1. The highest BCUT2D eigenvalue weighted by molar-refractivity contribution is 6.02. The van der Waals surface area contributed by atoms with Gasteiger partial charge >= 0.3 is 0 Å². The highest BCUT2D eigenvalue weighted by Gasteiger charge is 2.35. The smallest absolute Gasteiger partial charge is 0.261 e. The predicted molar refractivity (Wildman–Crippen MR) is 157 cm³/mol. The molecule has 2 aromatic heterocycles. The first-order valence-electron chi connectivity index (χ1n) is 13.6. The van der Waals surface area contributed by atoms with Crippen LogP contribution in [0.25, 0.3) is 44.5 Å². The molecule has 2 bridgehead atoms. The summed E-state index contributed by atoms with van der Waals surface area (Å²) in [6.07, 6.45) is 2.29. The van der Waals surface area contributed by atoms with E-state index in [1.165, 1.54) is 0 Å². The zero-order chi connectivity index (χ0) is 27.4. The number of aromatic amines is 2. The van der Waals surface area contributed by atoms with Crippen molar-refractivity contribution in [2.75, 3.05) is 32.1 Å². The molecule has 1 atom stereocenters. The van der Waals surface area contributed by atoms with E-state index in [4.69, 9.17) is 15.5 Å². The number of rotatable bonds is 6. The Kier molecular flexibility index (Phi) is 5.82. The van der Waals surface area contributed by atoms with Crippen molar-refractivity contribution in [3.05, 3.63) is 76.6 Å². The van der Waals surface area contributed by atoms with Gasteiger partial charge < -0.3 is 30.7 Å². The van der Waals surface area contributed by atoms with Gasteiger partial charge in [0.2, 0.25) is 5.91 Å². The van der Waals surface area contributed by atoms with Crippen molar-refractivity contribution in [1.29, 1.82) is 0 Å². The highest BCUT2D eigenvalue weighted by Crippen LogP contribution is 2.40. The lowest BCUT2D eigenvalue weighted by Crippen LogP contribution is -2.53. The molecule has 202 valence electrons. The van der Waals surface area contributed by atoms with E-state index in [0.717, 1.165) is 65.7 Å². The number of H-pyrrole nitrogens is 2. The van der Waals surface area contributed by atoms with Gasteiger partial charge in [-0.25, -0.2) is 4.98 Å². The molecule has 5 aromatic rings. The zero-order valence-electron chi connectivity index (χ0n) is 22.2. The standard InChI is InChI=1S/C31H30N6O3/c1-40-26-15-24-21(14-20(26)17-6-8-19(9-7-17)29(32)38)28(33-25-16-37-12-10-18(25)11-13-37)27(31(39)36-24)30-34-22-4-2-3-5-23(22)35-30/h2-9,14-15,18,25H,10-13,16H2,1H3,(H2,32,38)(H,34,35)(H2,33,36,39)/t25-/m0/s1. The van der Waals surface area contributed by atoms with Gasteiger partial charge in [-0.1, -0.05) is 24.3 Å². The molecule has 5 N–H and O–H groups in total. The normalized spacial score (nSPS) is 20.2. The summed E-state index contributed by atoms with van der Waals surface area (Å²) >= 11 is 0. The van der Waals surface area contributed by atoms with Crippen LogP contribution in [0.5, 0.6) is 5.75 Å². The maximum absolute atomic E-state index is 13.7. The molecule has 8 rings (SSSR count). The second kappa shape index (κ2) is 9.53. The lowest BCUT2D eigenvalue weighted by atomic mass is 9.83. The second-order valence-corrected chi connectivity index (χ2v) is 10.7. The van der Waals surface area contributed by atoms with Gasteiger partial charge in [0, 0.05) is 35.2 Å². The van der Waals surface area contributed by atoms with E-state index in [0.29, 0.717) is 34.1 Å². The number of methoxy groups -OCH3 is 1. The Labute approximate surface area is 230 Å². The SMILES string of the molecule is COc1cc2[nH]c(=O)c(-c3nc4ccccc4[nH]3)c(N[C@H]3CN4CCC3CC4)c2cc1-c1ccc(C(N)=O)cc1. The Morgan fingerprint density at radius 1 is 1.05 bits per heavy atom. The number of para-hydroxylation sites is 2. The molecule has 9 heteroatoms. The van der Waals surface area contributed by atoms with Gasteiger partial charge in [-0.15, -0.1) is 0 Å². The Bertz CT molecular complexity index is 1780. The molecule has 1 amide bonds. The number of carbonyl (C=O) groups is 1. The molecule has 40 heavy (non-hydrogen) atoms. The quantitative estimate of drug-likeness (QED) is 0.256. The number of amides is 1. The van der Waals surface area contributed by atoms with Crippen LogP contribution in [0.3, 0.4) is 0 Å². The van der Waals surface area contributed by atoms with Gasteiger partial charge in [0.15, 0.2) is 0 Å². The average Bonchev–Trinajstić information content (AvgIpc) is 3.41. The maximum atomic E-state index is 13.7. The van der Waals surface area contributed by atoms with Gasteiger partial charge in [0.25, 0.3) is 5.56 Å². The molecule has 5 heterocycles. The first-order valence-corrected chi connectivity index (χ1v) is 13.6. The van der Waals surface area contributed by atoms with Gasteiger partial charge in [-0.3, -0.25) is 9.59 Å². The summed E-state index contributed by atoms with van der Waals surface area (Å²) < 4.78 is 5.75. The molecular formula is C31H30N6O3. The molecule has 3 aliphatic heterocycles. The van der Waals surface area contributed by atoms with Gasteiger partial charge in [-0.05, 0) is 67.7 Å². The second-order valence-electron chi connectivity index (χ2n) is 10.7. The Hall–Kier alpha value is -4.63. The van der Waals surface area contributed by atoms with Crippen molar-refractivity contribution in [2.45, 2.75) is 18.9 Å². The summed E-state index contributed by atoms with van der Waals surface area (Å²) in [5.74, 6) is 1.20. The molecule has 0 spiro atoms. The van der Waals surface area contributed by atoms with Crippen molar-refractivity contribution in [3.8, 4) is 28.3 Å². The molecule has 9 nitrogen and oxygen atoms in total. The highest BCUT2D eigenvalue weighted by atomic mass is 16.5. The van der Waals surface area contributed by atoms with E-state index < -0.39 is 5.91 Å². The number of pyridine rings is 1. The van der Waals surface area contributed by atoms with Crippen molar-refractivity contribution < 1.29 is 9.53 Å². The summed E-state index contributed by atoms with van der Waals surface area (Å²) in [4.78, 5) is 39.1. The number of hydrogen-bond acceptors (Lipinski definition) is 6. The first kappa shape index (κ1) is 24.4. The van der Waals surface area contributed by atoms with E-state index in [2.05, 4.69) is 20.2 Å². The lowest BCUT2D eigenvalue weighted by molar-refractivity contribution is 0.0976. The van der Waals surface area contributed by atoms with Crippen LogP contribution >= 0.6 is 0 Å². The van der Waals surface area contributed by atoms with Crippen LogP contribution in [0.1, 0.15) is 23.2 Å². The lowest BCUT2D eigenvalue weighted by Gasteiger charge is -2.45. The number of nitrogens with one attached hydrogen (secondary N) is 3. The topological polar surface area (TPSA) is 129 Å². The van der Waals surface area contributed by atoms with Crippen molar-refractivity contribution >= 4 is 33.5 Å². The Morgan fingerprint density at radius 2 is 1.82 bits per heavy atom. The van der Waals surface area contributed by atoms with E-state index >= 15 is 0 Å². The van der Waals surface area contributed by atoms with Crippen LogP contribution in [0.15, 0.2) is 65.5 Å². The zero-order valence-corrected chi connectivity index (χ0v) is 22.2. The fourth-order valence-electron chi connectivity index (χ4n) is 6.29. The van der Waals surface area contributed by atoms with E-state index in [-0.39, 0.29) is 11.6 Å². The van der Waals surface area contributed by atoms with Crippen molar-refractivity contribution in [1.82, 2.24) is 19.9 Å². The number of benzene rings is 3. The maximum Gasteiger partial charge on any atom is 0.261 e. The number of nitrogens with two attached hydrogens (primary N) is 1. The van der Waals surface area contributed by atoms with Crippen molar-refractivity contribution in [2.24, 2.45) is 11.7 Å². The largest absolute Gasteiger partial charge is 0.496 e. The molecule has 0 unspecified atom stereocenters. The molecule has 0 radical (unpaired) electrons. The Balaban J connectivity index is 1.45. The van der Waals surface area contributed by atoms with E-state index in [9.17, 15) is 9.59 Å². The summed E-state index contributed by atoms with van der Waals surface area (Å²) in [6.45, 7) is 3.19. The van der Waals surface area contributed by atoms with E-state index in [1.807, 2.05) is 48.5 Å². The number of anilines is 1. The molecule has 3 aliphatic rings. The minimum Gasteiger partial charge on any atom is -0.496 e. The number of primary amides is 1. The van der Waals surface area contributed by atoms with Crippen LogP contribution < -0.4 is 21.3 Å². The number of carbonyl (C=O) groups excluding carboxylic acids is 1. The summed E-state index contributed by atoms with van der Waals surface area (Å²) in [7, 11) is 1.61. The summed E-state index contributed by atoms with van der Waals surface area (Å²) in [6, 6.07) is 19.0. The summed E-state index contributed by atoms with van der Waals surface area (Å²) in [5, 5.41) is 4.69. The number of piperidine rings is 3. The fraction of sp³-hybridized carbons (Fsp3) is 0.258. The minimum atomic E-state index is -0.478. The number of nitrogens with zero attached hydrogens (tertiary/aromatic N) is 2. The fourth-order valence-corrected chi connectivity index (χ4v) is 6.29. The summed E-state index contributed by atoms with van der Waals surface area (Å²) in [5.41, 5.74) is 11.0. The molecule has 3 fully saturated rings. The number of hydrogen-bond donors (Lipinski definition) is 4.